The third kappa shape index (κ3) is 3.97. The topological polar surface area (TPSA) is 12.0 Å². The number of hydrogen-bond acceptors (Lipinski definition) is 1. The highest BCUT2D eigenvalue weighted by molar-refractivity contribution is 4.88. The van der Waals surface area contributed by atoms with Crippen molar-refractivity contribution in [2.24, 2.45) is 23.7 Å². The molecule has 1 N–H and O–H groups in total. The van der Waals surface area contributed by atoms with Crippen LogP contribution < -0.4 is 5.32 Å². The van der Waals surface area contributed by atoms with E-state index in [9.17, 15) is 0 Å². The highest BCUT2D eigenvalue weighted by Gasteiger charge is 2.35. The van der Waals surface area contributed by atoms with Crippen molar-refractivity contribution in [3.63, 3.8) is 0 Å². The summed E-state index contributed by atoms with van der Waals surface area (Å²) in [6, 6.07) is 0.897. The Bertz CT molecular complexity index is 263. The molecule has 3 aliphatic rings. The van der Waals surface area contributed by atoms with Crippen molar-refractivity contribution in [2.75, 3.05) is 6.54 Å². The Kier molecular flexibility index (Phi) is 4.84. The second kappa shape index (κ2) is 6.61. The first-order valence-corrected chi connectivity index (χ1v) is 9.06. The van der Waals surface area contributed by atoms with Gasteiger partial charge in [-0.25, -0.2) is 0 Å². The molecule has 3 rings (SSSR count). The van der Waals surface area contributed by atoms with Gasteiger partial charge in [-0.1, -0.05) is 51.9 Å². The fraction of sp³-hybridized carbons (Fsp3) is 1.00. The predicted octanol–water partition coefficient (Wildman–Crippen LogP) is 4.76. The van der Waals surface area contributed by atoms with E-state index in [0.717, 1.165) is 29.7 Å². The fourth-order valence-corrected chi connectivity index (χ4v) is 4.66. The fourth-order valence-electron chi connectivity index (χ4n) is 4.66. The van der Waals surface area contributed by atoms with E-state index in [1.807, 2.05) is 0 Å². The molecule has 0 aromatic heterocycles. The Morgan fingerprint density at radius 2 is 1.58 bits per heavy atom. The molecule has 0 radical (unpaired) electrons. The summed E-state index contributed by atoms with van der Waals surface area (Å²) in [4.78, 5) is 0. The molecule has 3 unspecified atom stereocenters. The summed E-state index contributed by atoms with van der Waals surface area (Å²) in [5.74, 6) is 4.11. The van der Waals surface area contributed by atoms with Gasteiger partial charge in [0.2, 0.25) is 0 Å². The number of nitrogens with one attached hydrogen (secondary N) is 1. The van der Waals surface area contributed by atoms with Crippen molar-refractivity contribution in [2.45, 2.75) is 83.6 Å². The van der Waals surface area contributed by atoms with Gasteiger partial charge in [0.25, 0.3) is 0 Å². The van der Waals surface area contributed by atoms with Gasteiger partial charge in [-0.3, -0.25) is 0 Å². The van der Waals surface area contributed by atoms with Crippen molar-refractivity contribution in [3.8, 4) is 0 Å². The van der Waals surface area contributed by atoms with Crippen LogP contribution in [-0.2, 0) is 0 Å². The molecular weight excluding hydrogens is 230 g/mol. The molecule has 0 aromatic carbocycles. The molecule has 3 atom stereocenters. The number of rotatable bonds is 4. The maximum Gasteiger partial charge on any atom is 0.00683 e. The van der Waals surface area contributed by atoms with Crippen LogP contribution >= 0.6 is 0 Å². The lowest BCUT2D eigenvalue weighted by molar-refractivity contribution is 0.114. The van der Waals surface area contributed by atoms with Gasteiger partial charge >= 0.3 is 0 Å². The second-order valence-corrected chi connectivity index (χ2v) is 7.78. The van der Waals surface area contributed by atoms with Crippen molar-refractivity contribution < 1.29 is 0 Å². The largest absolute Gasteiger partial charge is 0.314 e. The minimum absolute atomic E-state index is 0.897. The molecule has 0 saturated heterocycles. The van der Waals surface area contributed by atoms with Gasteiger partial charge in [0, 0.05) is 6.04 Å². The van der Waals surface area contributed by atoms with E-state index in [1.165, 1.54) is 77.2 Å². The summed E-state index contributed by atoms with van der Waals surface area (Å²) in [6.45, 7) is 3.83. The Morgan fingerprint density at radius 1 is 0.842 bits per heavy atom. The van der Waals surface area contributed by atoms with Crippen molar-refractivity contribution in [3.05, 3.63) is 0 Å². The summed E-state index contributed by atoms with van der Waals surface area (Å²) in [6.07, 6.45) is 16.5. The first-order valence-electron chi connectivity index (χ1n) is 9.06. The standard InChI is InChI=1S/C18H33N/c1-14-8-9-16(13-19-17-10-11-17)18(12-14)15-6-4-2-3-5-7-15/h14-19H,2-13H2,1H3. The van der Waals surface area contributed by atoms with Gasteiger partial charge in [-0.05, 0) is 55.9 Å². The first-order chi connectivity index (χ1) is 9.33. The van der Waals surface area contributed by atoms with Gasteiger partial charge in [-0.2, -0.15) is 0 Å². The monoisotopic (exact) mass is 263 g/mol. The highest BCUT2D eigenvalue weighted by Crippen LogP contribution is 2.42. The smallest absolute Gasteiger partial charge is 0.00683 e. The van der Waals surface area contributed by atoms with E-state index in [-0.39, 0.29) is 0 Å². The van der Waals surface area contributed by atoms with Crippen molar-refractivity contribution in [1.82, 2.24) is 5.32 Å². The van der Waals surface area contributed by atoms with E-state index in [0.29, 0.717) is 0 Å². The zero-order chi connectivity index (χ0) is 13.1. The van der Waals surface area contributed by atoms with E-state index in [4.69, 9.17) is 0 Å². The highest BCUT2D eigenvalue weighted by atomic mass is 14.9. The summed E-state index contributed by atoms with van der Waals surface area (Å²) in [5.41, 5.74) is 0. The van der Waals surface area contributed by atoms with Gasteiger partial charge in [-0.15, -0.1) is 0 Å². The lowest BCUT2D eigenvalue weighted by atomic mass is 9.67. The molecule has 0 aromatic rings. The molecule has 0 amide bonds. The van der Waals surface area contributed by atoms with E-state index < -0.39 is 0 Å². The van der Waals surface area contributed by atoms with Crippen LogP contribution in [0.5, 0.6) is 0 Å². The molecule has 19 heavy (non-hydrogen) atoms. The first kappa shape index (κ1) is 13.9. The lowest BCUT2D eigenvalue weighted by Crippen LogP contribution is -2.37. The van der Waals surface area contributed by atoms with Crippen LogP contribution in [0.3, 0.4) is 0 Å². The Balaban J connectivity index is 1.58. The van der Waals surface area contributed by atoms with Crippen LogP contribution in [0.25, 0.3) is 0 Å². The predicted molar refractivity (Wildman–Crippen MR) is 82.2 cm³/mol. The summed E-state index contributed by atoms with van der Waals surface area (Å²) in [5, 5.41) is 3.83. The summed E-state index contributed by atoms with van der Waals surface area (Å²) in [7, 11) is 0. The zero-order valence-electron chi connectivity index (χ0n) is 12.9. The molecule has 0 heterocycles. The van der Waals surface area contributed by atoms with Crippen LogP contribution in [0, 0.1) is 23.7 Å². The summed E-state index contributed by atoms with van der Waals surface area (Å²) < 4.78 is 0. The minimum atomic E-state index is 0.897. The Morgan fingerprint density at radius 3 is 2.26 bits per heavy atom. The van der Waals surface area contributed by atoms with Crippen molar-refractivity contribution in [1.29, 1.82) is 0 Å². The Hall–Kier alpha value is -0.0400. The van der Waals surface area contributed by atoms with Gasteiger partial charge in [0.1, 0.15) is 0 Å². The van der Waals surface area contributed by atoms with Crippen LogP contribution in [0.2, 0.25) is 0 Å². The lowest BCUT2D eigenvalue weighted by Gasteiger charge is -2.40. The molecule has 0 bridgehead atoms. The SMILES string of the molecule is CC1CCC(CNC2CC2)C(C2CCCCCC2)C1. The van der Waals surface area contributed by atoms with E-state index >= 15 is 0 Å². The van der Waals surface area contributed by atoms with E-state index in [2.05, 4.69) is 12.2 Å². The van der Waals surface area contributed by atoms with Gasteiger partial charge < -0.3 is 5.32 Å². The molecule has 1 heteroatoms. The van der Waals surface area contributed by atoms with E-state index in [1.54, 1.807) is 0 Å². The molecular formula is C18H33N. The maximum atomic E-state index is 3.83. The minimum Gasteiger partial charge on any atom is -0.314 e. The second-order valence-electron chi connectivity index (χ2n) is 7.78. The third-order valence-corrected chi connectivity index (χ3v) is 6.06. The molecule has 0 spiro atoms. The molecule has 110 valence electrons. The van der Waals surface area contributed by atoms with Gasteiger partial charge in [0.05, 0.1) is 0 Å². The number of hydrogen-bond donors (Lipinski definition) is 1. The zero-order valence-corrected chi connectivity index (χ0v) is 12.9. The quantitative estimate of drug-likeness (QED) is 0.721. The Labute approximate surface area is 119 Å². The van der Waals surface area contributed by atoms with Crippen LogP contribution in [0.1, 0.15) is 77.6 Å². The van der Waals surface area contributed by atoms with Crippen LogP contribution in [0.15, 0.2) is 0 Å². The molecule has 0 aliphatic heterocycles. The van der Waals surface area contributed by atoms with Crippen molar-refractivity contribution >= 4 is 0 Å². The normalized spacial score (nSPS) is 38.1. The van der Waals surface area contributed by atoms with Crippen LogP contribution in [-0.4, -0.2) is 12.6 Å². The summed E-state index contributed by atoms with van der Waals surface area (Å²) >= 11 is 0. The molecule has 1 nitrogen and oxygen atoms in total. The third-order valence-electron chi connectivity index (χ3n) is 6.06. The molecule has 3 aliphatic carbocycles. The van der Waals surface area contributed by atoms with Crippen LogP contribution in [0.4, 0.5) is 0 Å². The molecule has 3 saturated carbocycles. The maximum absolute atomic E-state index is 3.83. The molecule has 3 fully saturated rings. The van der Waals surface area contributed by atoms with Gasteiger partial charge in [0.15, 0.2) is 0 Å². The average molecular weight is 263 g/mol. The average Bonchev–Trinajstić information content (AvgIpc) is 3.24.